The highest BCUT2D eigenvalue weighted by atomic mass is 32.2. The number of aromatic nitrogens is 2. The van der Waals surface area contributed by atoms with E-state index in [0.29, 0.717) is 17.5 Å². The molecule has 2 N–H and O–H groups in total. The molecule has 0 atom stereocenters. The third-order valence-electron chi connectivity index (χ3n) is 4.65. The fourth-order valence-electron chi connectivity index (χ4n) is 3.21. The number of amides is 2. The highest BCUT2D eigenvalue weighted by Gasteiger charge is 2.17. The quantitative estimate of drug-likeness (QED) is 0.716. The van der Waals surface area contributed by atoms with Gasteiger partial charge in [-0.15, -0.1) is 11.8 Å². The van der Waals surface area contributed by atoms with E-state index in [-0.39, 0.29) is 18.4 Å². The molecule has 1 fully saturated rings. The van der Waals surface area contributed by atoms with E-state index in [2.05, 4.69) is 33.9 Å². The minimum Gasteiger partial charge on any atom is -0.352 e. The van der Waals surface area contributed by atoms with Crippen molar-refractivity contribution in [3.8, 4) is 0 Å². The van der Waals surface area contributed by atoms with Crippen LogP contribution < -0.4 is 10.6 Å². The van der Waals surface area contributed by atoms with Crippen molar-refractivity contribution in [2.75, 3.05) is 11.1 Å². The lowest BCUT2D eigenvalue weighted by atomic mass is 10.2. The number of carbonyl (C=O) groups excluding carboxylic acids is 2. The van der Waals surface area contributed by atoms with Gasteiger partial charge in [0, 0.05) is 17.1 Å². The first-order valence-electron chi connectivity index (χ1n) is 9.31. The van der Waals surface area contributed by atoms with Gasteiger partial charge in [-0.25, -0.2) is 0 Å². The Morgan fingerprint density at radius 2 is 2.00 bits per heavy atom. The molecule has 1 aromatic carbocycles. The van der Waals surface area contributed by atoms with Gasteiger partial charge in [-0.1, -0.05) is 30.5 Å². The van der Waals surface area contributed by atoms with Crippen molar-refractivity contribution in [3.05, 3.63) is 41.7 Å². The number of nitrogens with one attached hydrogen (secondary N) is 2. The molecule has 6 nitrogen and oxygen atoms in total. The Balaban J connectivity index is 1.46. The topological polar surface area (TPSA) is 76.0 Å². The zero-order valence-corrected chi connectivity index (χ0v) is 16.6. The average molecular weight is 387 g/mol. The van der Waals surface area contributed by atoms with Crippen LogP contribution in [0.5, 0.6) is 0 Å². The third-order valence-corrected chi connectivity index (χ3v) is 5.80. The molecule has 0 bridgehead atoms. The van der Waals surface area contributed by atoms with E-state index in [9.17, 15) is 9.59 Å². The molecule has 1 saturated carbocycles. The summed E-state index contributed by atoms with van der Waals surface area (Å²) < 4.78 is 1.55. The van der Waals surface area contributed by atoms with Gasteiger partial charge < -0.3 is 10.6 Å². The molecule has 2 aromatic rings. The SMILES string of the molecule is Cc1ccc(C)c(SCC(=O)Nc2cnn(CC(=O)NC3CCCC3)c2)c1. The monoisotopic (exact) mass is 386 g/mol. The number of aryl methyl sites for hydroxylation is 2. The summed E-state index contributed by atoms with van der Waals surface area (Å²) in [5.74, 6) is 0.210. The first-order chi connectivity index (χ1) is 13.0. The fourth-order valence-corrected chi connectivity index (χ4v) is 4.13. The number of thioether (sulfide) groups is 1. The summed E-state index contributed by atoms with van der Waals surface area (Å²) in [6.45, 7) is 4.25. The van der Waals surface area contributed by atoms with Gasteiger partial charge in [0.15, 0.2) is 0 Å². The summed E-state index contributed by atoms with van der Waals surface area (Å²) in [7, 11) is 0. The van der Waals surface area contributed by atoms with Crippen LogP contribution in [0.4, 0.5) is 5.69 Å². The maximum absolute atomic E-state index is 12.2. The van der Waals surface area contributed by atoms with E-state index in [1.807, 2.05) is 13.8 Å². The Kier molecular flexibility index (Phi) is 6.55. The third kappa shape index (κ3) is 5.85. The van der Waals surface area contributed by atoms with E-state index >= 15 is 0 Å². The Labute approximate surface area is 164 Å². The van der Waals surface area contributed by atoms with Gasteiger partial charge >= 0.3 is 0 Å². The number of anilines is 1. The van der Waals surface area contributed by atoms with Crippen molar-refractivity contribution in [1.82, 2.24) is 15.1 Å². The second kappa shape index (κ2) is 9.08. The zero-order valence-electron chi connectivity index (χ0n) is 15.8. The number of benzene rings is 1. The Morgan fingerprint density at radius 1 is 1.22 bits per heavy atom. The molecule has 0 spiro atoms. The van der Waals surface area contributed by atoms with Crippen LogP contribution in [0.15, 0.2) is 35.5 Å². The lowest BCUT2D eigenvalue weighted by Gasteiger charge is -2.11. The van der Waals surface area contributed by atoms with Gasteiger partial charge in [-0.3, -0.25) is 14.3 Å². The lowest BCUT2D eigenvalue weighted by Crippen LogP contribution is -2.35. The van der Waals surface area contributed by atoms with E-state index in [4.69, 9.17) is 0 Å². The molecule has 2 amide bonds. The molecule has 0 saturated heterocycles. The lowest BCUT2D eigenvalue weighted by molar-refractivity contribution is -0.122. The highest BCUT2D eigenvalue weighted by molar-refractivity contribution is 8.00. The van der Waals surface area contributed by atoms with Gasteiger partial charge in [-0.2, -0.15) is 5.10 Å². The number of carbonyl (C=O) groups is 2. The normalized spacial score (nSPS) is 14.3. The smallest absolute Gasteiger partial charge is 0.241 e. The number of nitrogens with zero attached hydrogens (tertiary/aromatic N) is 2. The zero-order chi connectivity index (χ0) is 19.2. The van der Waals surface area contributed by atoms with E-state index < -0.39 is 0 Å². The molecule has 1 heterocycles. The van der Waals surface area contributed by atoms with Crippen molar-refractivity contribution >= 4 is 29.3 Å². The summed E-state index contributed by atoms with van der Waals surface area (Å²) in [6.07, 6.45) is 7.75. The molecule has 0 aliphatic heterocycles. The van der Waals surface area contributed by atoms with E-state index in [1.54, 1.807) is 17.1 Å². The molecule has 7 heteroatoms. The maximum Gasteiger partial charge on any atom is 0.241 e. The Bertz CT molecular complexity index is 812. The van der Waals surface area contributed by atoms with Crippen molar-refractivity contribution < 1.29 is 9.59 Å². The van der Waals surface area contributed by atoms with Crippen LogP contribution in [-0.4, -0.2) is 33.4 Å². The second-order valence-electron chi connectivity index (χ2n) is 7.08. The molecule has 1 aliphatic carbocycles. The van der Waals surface area contributed by atoms with Crippen LogP contribution in [0.3, 0.4) is 0 Å². The molecule has 0 unspecified atom stereocenters. The summed E-state index contributed by atoms with van der Waals surface area (Å²) in [6, 6.07) is 6.52. The predicted molar refractivity (Wildman–Crippen MR) is 108 cm³/mol. The summed E-state index contributed by atoms with van der Waals surface area (Å²) >= 11 is 1.52. The number of hydrogen-bond donors (Lipinski definition) is 2. The van der Waals surface area contributed by atoms with Gasteiger partial charge in [0.1, 0.15) is 6.54 Å². The first kappa shape index (κ1) is 19.5. The minimum atomic E-state index is -0.0872. The number of rotatable bonds is 7. The summed E-state index contributed by atoms with van der Waals surface area (Å²) in [5.41, 5.74) is 2.95. The molecule has 27 heavy (non-hydrogen) atoms. The first-order valence-corrected chi connectivity index (χ1v) is 10.3. The molecule has 0 radical (unpaired) electrons. The second-order valence-corrected chi connectivity index (χ2v) is 8.10. The predicted octanol–water partition coefficient (Wildman–Crippen LogP) is 3.29. The van der Waals surface area contributed by atoms with E-state index in [1.165, 1.54) is 35.7 Å². The van der Waals surface area contributed by atoms with Gasteiger partial charge in [0.25, 0.3) is 0 Å². The molecule has 144 valence electrons. The van der Waals surface area contributed by atoms with E-state index in [0.717, 1.165) is 17.7 Å². The molecular weight excluding hydrogens is 360 g/mol. The minimum absolute atomic E-state index is 0.0339. The van der Waals surface area contributed by atoms with Gasteiger partial charge in [-0.05, 0) is 38.3 Å². The summed E-state index contributed by atoms with van der Waals surface area (Å²) in [4.78, 5) is 25.4. The molecule has 1 aliphatic rings. The van der Waals surface area contributed by atoms with Crippen LogP contribution in [0.1, 0.15) is 36.8 Å². The van der Waals surface area contributed by atoms with Crippen LogP contribution in [0, 0.1) is 13.8 Å². The Hall–Kier alpha value is -2.28. The van der Waals surface area contributed by atoms with Crippen molar-refractivity contribution in [2.45, 2.75) is 57.0 Å². The largest absolute Gasteiger partial charge is 0.352 e. The van der Waals surface area contributed by atoms with Crippen LogP contribution >= 0.6 is 11.8 Å². The number of hydrogen-bond acceptors (Lipinski definition) is 4. The van der Waals surface area contributed by atoms with Gasteiger partial charge in [0.2, 0.25) is 11.8 Å². The molecule has 1 aromatic heterocycles. The molecule has 3 rings (SSSR count). The fraction of sp³-hybridized carbons (Fsp3) is 0.450. The van der Waals surface area contributed by atoms with Crippen LogP contribution in [0.25, 0.3) is 0 Å². The van der Waals surface area contributed by atoms with Crippen molar-refractivity contribution in [2.24, 2.45) is 0 Å². The van der Waals surface area contributed by atoms with Gasteiger partial charge in [0.05, 0.1) is 17.6 Å². The maximum atomic E-state index is 12.2. The van der Waals surface area contributed by atoms with Crippen molar-refractivity contribution in [1.29, 1.82) is 0 Å². The summed E-state index contributed by atoms with van der Waals surface area (Å²) in [5, 5.41) is 10.0. The van der Waals surface area contributed by atoms with Crippen molar-refractivity contribution in [3.63, 3.8) is 0 Å². The highest BCUT2D eigenvalue weighted by Crippen LogP contribution is 2.23. The Morgan fingerprint density at radius 3 is 2.78 bits per heavy atom. The van der Waals surface area contributed by atoms with Crippen LogP contribution in [0.2, 0.25) is 0 Å². The van der Waals surface area contributed by atoms with Crippen LogP contribution in [-0.2, 0) is 16.1 Å². The standard InChI is InChI=1S/C20H26N4O2S/c1-14-7-8-15(2)18(9-14)27-13-20(26)23-17-10-21-24(11-17)12-19(25)22-16-5-3-4-6-16/h7-11,16H,3-6,12-13H2,1-2H3,(H,22,25)(H,23,26). The molecular formula is C20H26N4O2S. The average Bonchev–Trinajstić information content (AvgIpc) is 3.28.